The van der Waals surface area contributed by atoms with Crippen LogP contribution in [-0.2, 0) is 11.3 Å². The number of carbonyl (C=O) groups excluding carboxylic acids is 1. The predicted molar refractivity (Wildman–Crippen MR) is 160 cm³/mol. The molecule has 2 atom stereocenters. The van der Waals surface area contributed by atoms with E-state index < -0.39 is 5.97 Å². The Morgan fingerprint density at radius 2 is 1.66 bits per heavy atom. The van der Waals surface area contributed by atoms with Gasteiger partial charge in [-0.05, 0) is 48.6 Å². The van der Waals surface area contributed by atoms with Crippen LogP contribution in [0.25, 0.3) is 10.9 Å². The molecule has 3 aromatic rings. The lowest BCUT2D eigenvalue weighted by atomic mass is 9.77. The van der Waals surface area contributed by atoms with Crippen LogP contribution in [0.1, 0.15) is 65.6 Å². The molecule has 7 heteroatoms. The second-order valence-corrected chi connectivity index (χ2v) is 11.8. The molecule has 41 heavy (non-hydrogen) atoms. The molecule has 2 aromatic heterocycles. The van der Waals surface area contributed by atoms with Gasteiger partial charge in [0.25, 0.3) is 5.91 Å². The number of allylic oxidation sites excluding steroid dienone is 5. The standard InChI is InChI=1S/C34H36N4O3/c39-33(37-18-16-36(17-19-37)27-12-14-35-15-13-27)26-20-24-8-4-5-9-28(24)32-31(23-6-2-1-3-7-23)29-11-10-25(34(40)41)21-30(29)38(32)22-26/h4-5,8-15,20-21,23-24,28H,1-3,6-7,16-19,22H2,(H,40,41). The number of fused-ring (bicyclic) bond motifs is 5. The summed E-state index contributed by atoms with van der Waals surface area (Å²) in [6, 6.07) is 9.62. The first-order valence-corrected chi connectivity index (χ1v) is 15.0. The number of carboxylic acid groups (broad SMARTS) is 1. The van der Waals surface area contributed by atoms with Crippen LogP contribution in [0.5, 0.6) is 0 Å². The van der Waals surface area contributed by atoms with E-state index in [-0.39, 0.29) is 23.3 Å². The van der Waals surface area contributed by atoms with E-state index in [1.807, 2.05) is 41.6 Å². The number of aromatic nitrogens is 2. The summed E-state index contributed by atoms with van der Waals surface area (Å²) in [5.41, 5.74) is 5.79. The third kappa shape index (κ3) is 4.67. The molecule has 1 saturated heterocycles. The highest BCUT2D eigenvalue weighted by Gasteiger charge is 2.36. The maximum absolute atomic E-state index is 14.1. The number of pyridine rings is 1. The van der Waals surface area contributed by atoms with E-state index in [0.29, 0.717) is 25.6 Å². The Kier molecular flexibility index (Phi) is 6.73. The molecule has 4 heterocycles. The van der Waals surface area contributed by atoms with E-state index in [0.717, 1.165) is 48.1 Å². The first-order chi connectivity index (χ1) is 20.1. The molecule has 1 aromatic carbocycles. The molecule has 2 aliphatic heterocycles. The number of hydrogen-bond acceptors (Lipinski definition) is 4. The molecular formula is C34H36N4O3. The van der Waals surface area contributed by atoms with Crippen LogP contribution in [0.3, 0.4) is 0 Å². The number of carbonyl (C=O) groups is 2. The lowest BCUT2D eigenvalue weighted by Crippen LogP contribution is -2.49. The highest BCUT2D eigenvalue weighted by Crippen LogP contribution is 2.47. The van der Waals surface area contributed by atoms with Gasteiger partial charge in [0.2, 0.25) is 0 Å². The lowest BCUT2D eigenvalue weighted by molar-refractivity contribution is -0.127. The van der Waals surface area contributed by atoms with E-state index >= 15 is 0 Å². The third-order valence-electron chi connectivity index (χ3n) is 9.49. The minimum absolute atomic E-state index is 0.0869. The van der Waals surface area contributed by atoms with Crippen molar-refractivity contribution in [2.24, 2.45) is 5.92 Å². The van der Waals surface area contributed by atoms with Crippen molar-refractivity contribution in [3.8, 4) is 0 Å². The molecule has 0 radical (unpaired) electrons. The van der Waals surface area contributed by atoms with Gasteiger partial charge in [0, 0.05) is 78.3 Å². The van der Waals surface area contributed by atoms with Crippen molar-refractivity contribution >= 4 is 28.5 Å². The number of aromatic carboxylic acids is 1. The van der Waals surface area contributed by atoms with Gasteiger partial charge in [0.05, 0.1) is 12.1 Å². The minimum Gasteiger partial charge on any atom is -0.478 e. The van der Waals surface area contributed by atoms with E-state index in [1.165, 1.54) is 30.5 Å². The van der Waals surface area contributed by atoms with Crippen LogP contribution < -0.4 is 4.90 Å². The summed E-state index contributed by atoms with van der Waals surface area (Å²) < 4.78 is 2.29. The molecule has 7 rings (SSSR count). The summed E-state index contributed by atoms with van der Waals surface area (Å²) in [5, 5.41) is 11.0. The van der Waals surface area contributed by atoms with Crippen LogP contribution in [0.2, 0.25) is 0 Å². The largest absolute Gasteiger partial charge is 0.478 e. The molecule has 1 N–H and O–H groups in total. The van der Waals surface area contributed by atoms with Crippen LogP contribution in [0, 0.1) is 5.92 Å². The number of benzene rings is 1. The monoisotopic (exact) mass is 548 g/mol. The minimum atomic E-state index is -0.924. The Morgan fingerprint density at radius 1 is 0.902 bits per heavy atom. The Morgan fingerprint density at radius 3 is 2.41 bits per heavy atom. The number of hydrogen-bond donors (Lipinski definition) is 1. The lowest BCUT2D eigenvalue weighted by Gasteiger charge is -2.36. The summed E-state index contributed by atoms with van der Waals surface area (Å²) in [6.07, 6.45) is 20.5. The van der Waals surface area contributed by atoms with E-state index in [4.69, 9.17) is 0 Å². The van der Waals surface area contributed by atoms with Crippen molar-refractivity contribution in [1.82, 2.24) is 14.5 Å². The summed E-state index contributed by atoms with van der Waals surface area (Å²) in [6.45, 7) is 3.35. The van der Waals surface area contributed by atoms with Crippen molar-refractivity contribution in [3.05, 3.63) is 95.5 Å². The van der Waals surface area contributed by atoms with E-state index in [2.05, 4.69) is 44.8 Å². The zero-order chi connectivity index (χ0) is 27.9. The van der Waals surface area contributed by atoms with Crippen molar-refractivity contribution in [3.63, 3.8) is 0 Å². The van der Waals surface area contributed by atoms with Gasteiger partial charge in [-0.3, -0.25) is 9.78 Å². The first-order valence-electron chi connectivity index (χ1n) is 15.0. The number of piperazine rings is 1. The molecule has 1 saturated carbocycles. The van der Waals surface area contributed by atoms with Gasteiger partial charge in [0.15, 0.2) is 0 Å². The Hall–Kier alpha value is -4.13. The fourth-order valence-corrected chi connectivity index (χ4v) is 7.46. The van der Waals surface area contributed by atoms with Crippen molar-refractivity contribution in [2.45, 2.75) is 50.5 Å². The summed E-state index contributed by atoms with van der Waals surface area (Å²) in [5.74, 6) is -0.177. The Balaban J connectivity index is 1.28. The molecule has 2 unspecified atom stereocenters. The number of anilines is 1. The maximum Gasteiger partial charge on any atom is 0.335 e. The molecule has 210 valence electrons. The fraction of sp³-hybridized carbons (Fsp3) is 0.382. The second-order valence-electron chi connectivity index (χ2n) is 11.8. The van der Waals surface area contributed by atoms with Gasteiger partial charge >= 0.3 is 5.97 Å². The van der Waals surface area contributed by atoms with E-state index in [9.17, 15) is 14.7 Å². The molecule has 1 amide bonds. The fourth-order valence-electron chi connectivity index (χ4n) is 7.46. The van der Waals surface area contributed by atoms with Crippen LogP contribution in [0.4, 0.5) is 5.69 Å². The normalized spacial score (nSPS) is 22.7. The summed E-state index contributed by atoms with van der Waals surface area (Å²) in [4.78, 5) is 34.6. The van der Waals surface area contributed by atoms with Gasteiger partial charge in [-0.25, -0.2) is 4.79 Å². The van der Waals surface area contributed by atoms with Crippen molar-refractivity contribution in [1.29, 1.82) is 0 Å². The second kappa shape index (κ2) is 10.7. The SMILES string of the molecule is O=C(O)c1ccc2c(C3CCCCC3)c3n(c2c1)CC(C(=O)N1CCN(c2ccncc2)CC1)=CC1C=CC=CC31. The molecule has 2 aliphatic carbocycles. The molecule has 0 bridgehead atoms. The zero-order valence-electron chi connectivity index (χ0n) is 23.3. The van der Waals surface area contributed by atoms with Crippen LogP contribution >= 0.6 is 0 Å². The topological polar surface area (TPSA) is 78.7 Å². The smallest absolute Gasteiger partial charge is 0.335 e. The van der Waals surface area contributed by atoms with Crippen molar-refractivity contribution in [2.75, 3.05) is 31.1 Å². The maximum atomic E-state index is 14.1. The van der Waals surface area contributed by atoms with Crippen molar-refractivity contribution < 1.29 is 14.7 Å². The Bertz CT molecular complexity index is 1570. The first kappa shape index (κ1) is 25.8. The number of rotatable bonds is 4. The van der Waals surface area contributed by atoms with Crippen LogP contribution in [-0.4, -0.2) is 57.6 Å². The van der Waals surface area contributed by atoms with Gasteiger partial charge in [-0.2, -0.15) is 0 Å². The highest BCUT2D eigenvalue weighted by atomic mass is 16.4. The van der Waals surface area contributed by atoms with Crippen LogP contribution in [0.15, 0.2) is 78.7 Å². The molecule has 4 aliphatic rings. The van der Waals surface area contributed by atoms with E-state index in [1.54, 1.807) is 6.07 Å². The highest BCUT2D eigenvalue weighted by molar-refractivity contribution is 5.97. The van der Waals surface area contributed by atoms with Gasteiger partial charge < -0.3 is 19.5 Å². The number of nitrogens with zero attached hydrogens (tertiary/aromatic N) is 4. The third-order valence-corrected chi connectivity index (χ3v) is 9.49. The predicted octanol–water partition coefficient (Wildman–Crippen LogP) is 5.90. The zero-order valence-corrected chi connectivity index (χ0v) is 23.3. The number of amides is 1. The number of carboxylic acids is 1. The molecule has 2 fully saturated rings. The summed E-state index contributed by atoms with van der Waals surface area (Å²) in [7, 11) is 0. The van der Waals surface area contributed by atoms with Gasteiger partial charge in [-0.1, -0.05) is 55.7 Å². The molecular weight excluding hydrogens is 512 g/mol. The van der Waals surface area contributed by atoms with Gasteiger partial charge in [0.1, 0.15) is 0 Å². The van der Waals surface area contributed by atoms with Gasteiger partial charge in [-0.15, -0.1) is 0 Å². The quantitative estimate of drug-likeness (QED) is 0.440. The Labute approximate surface area is 240 Å². The average molecular weight is 549 g/mol. The molecule has 7 nitrogen and oxygen atoms in total. The molecule has 0 spiro atoms. The summed E-state index contributed by atoms with van der Waals surface area (Å²) >= 11 is 0. The average Bonchev–Trinajstić information content (AvgIpc) is 3.24.